The highest BCUT2D eigenvalue weighted by atomic mass is 16.4. The minimum Gasteiger partial charge on any atom is -0.481 e. The third kappa shape index (κ3) is 1.76. The molecule has 4 nitrogen and oxygen atoms in total. The molecule has 0 amide bonds. The van der Waals surface area contributed by atoms with E-state index in [-0.39, 0.29) is 0 Å². The number of hydrogen-bond acceptors (Lipinski definition) is 3. The molecule has 12 heavy (non-hydrogen) atoms. The third-order valence-electron chi connectivity index (χ3n) is 2.57. The molecule has 3 N–H and O–H groups in total. The molecule has 0 aromatic heterocycles. The first-order chi connectivity index (χ1) is 5.56. The van der Waals surface area contributed by atoms with E-state index in [4.69, 9.17) is 5.11 Å². The Morgan fingerprint density at radius 2 is 2.33 bits per heavy atom. The molecule has 1 fully saturated rings. The molecule has 0 spiro atoms. The van der Waals surface area contributed by atoms with Crippen LogP contribution in [0.3, 0.4) is 0 Å². The van der Waals surface area contributed by atoms with Crippen LogP contribution in [0.15, 0.2) is 0 Å². The Morgan fingerprint density at radius 1 is 1.67 bits per heavy atom. The fourth-order valence-corrected chi connectivity index (χ4v) is 1.51. The fraction of sp³-hybridized carbons (Fsp3) is 0.875. The molecule has 0 aromatic rings. The smallest absolute Gasteiger partial charge is 0.309 e. The van der Waals surface area contributed by atoms with Gasteiger partial charge in [0.2, 0.25) is 0 Å². The van der Waals surface area contributed by atoms with Crippen LogP contribution in [0.4, 0.5) is 0 Å². The SMILES string of the molecule is CC(C(=O)O)C1(O)CCCNC1. The molecule has 2 atom stereocenters. The molecule has 2 unspecified atom stereocenters. The molecular formula is C8H15NO3. The van der Waals surface area contributed by atoms with Crippen molar-refractivity contribution in [3.63, 3.8) is 0 Å². The van der Waals surface area contributed by atoms with Crippen molar-refractivity contribution in [2.45, 2.75) is 25.4 Å². The number of nitrogens with one attached hydrogen (secondary N) is 1. The summed E-state index contributed by atoms with van der Waals surface area (Å²) in [6, 6.07) is 0. The molecule has 1 heterocycles. The second-order valence-electron chi connectivity index (χ2n) is 3.44. The number of piperidine rings is 1. The van der Waals surface area contributed by atoms with E-state index in [1.54, 1.807) is 6.92 Å². The zero-order valence-electron chi connectivity index (χ0n) is 7.21. The van der Waals surface area contributed by atoms with Crippen molar-refractivity contribution in [3.05, 3.63) is 0 Å². The molecule has 0 bridgehead atoms. The first kappa shape index (κ1) is 9.48. The molecule has 0 saturated carbocycles. The average molecular weight is 173 g/mol. The topological polar surface area (TPSA) is 69.6 Å². The number of rotatable bonds is 2. The van der Waals surface area contributed by atoms with Crippen molar-refractivity contribution in [2.24, 2.45) is 5.92 Å². The molecular weight excluding hydrogens is 158 g/mol. The highest BCUT2D eigenvalue weighted by molar-refractivity contribution is 5.71. The van der Waals surface area contributed by atoms with Gasteiger partial charge in [-0.05, 0) is 26.3 Å². The van der Waals surface area contributed by atoms with Gasteiger partial charge in [-0.2, -0.15) is 0 Å². The van der Waals surface area contributed by atoms with Crippen LogP contribution in [0.25, 0.3) is 0 Å². The summed E-state index contributed by atoms with van der Waals surface area (Å²) in [7, 11) is 0. The molecule has 0 aliphatic carbocycles. The van der Waals surface area contributed by atoms with Gasteiger partial charge in [-0.25, -0.2) is 0 Å². The van der Waals surface area contributed by atoms with Gasteiger partial charge in [-0.1, -0.05) is 0 Å². The molecule has 0 aromatic carbocycles. The van der Waals surface area contributed by atoms with Crippen LogP contribution in [0, 0.1) is 5.92 Å². The van der Waals surface area contributed by atoms with E-state index in [1.165, 1.54) is 0 Å². The minimum atomic E-state index is -1.05. The van der Waals surface area contributed by atoms with Crippen LogP contribution in [0.2, 0.25) is 0 Å². The highest BCUT2D eigenvalue weighted by Gasteiger charge is 2.39. The van der Waals surface area contributed by atoms with Crippen LogP contribution in [-0.2, 0) is 4.79 Å². The summed E-state index contributed by atoms with van der Waals surface area (Å²) in [6.45, 7) is 2.81. The summed E-state index contributed by atoms with van der Waals surface area (Å²) in [5, 5.41) is 21.6. The molecule has 4 heteroatoms. The largest absolute Gasteiger partial charge is 0.481 e. The van der Waals surface area contributed by atoms with Gasteiger partial charge < -0.3 is 15.5 Å². The van der Waals surface area contributed by atoms with Gasteiger partial charge in [0.1, 0.15) is 0 Å². The first-order valence-electron chi connectivity index (χ1n) is 4.22. The van der Waals surface area contributed by atoms with Gasteiger partial charge in [0.25, 0.3) is 0 Å². The zero-order chi connectivity index (χ0) is 9.19. The van der Waals surface area contributed by atoms with Gasteiger partial charge in [-0.15, -0.1) is 0 Å². The molecule has 1 rings (SSSR count). The van der Waals surface area contributed by atoms with Crippen LogP contribution in [0.1, 0.15) is 19.8 Å². The van der Waals surface area contributed by atoms with E-state index in [0.29, 0.717) is 13.0 Å². The Bertz CT molecular complexity index is 175. The van der Waals surface area contributed by atoms with Crippen molar-refractivity contribution in [1.29, 1.82) is 0 Å². The summed E-state index contributed by atoms with van der Waals surface area (Å²) >= 11 is 0. The molecule has 70 valence electrons. The van der Waals surface area contributed by atoms with Crippen molar-refractivity contribution in [2.75, 3.05) is 13.1 Å². The van der Waals surface area contributed by atoms with Gasteiger partial charge in [0, 0.05) is 6.54 Å². The van der Waals surface area contributed by atoms with Crippen molar-refractivity contribution >= 4 is 5.97 Å². The average Bonchev–Trinajstić information content (AvgIpc) is 2.04. The maximum absolute atomic E-state index is 10.6. The number of aliphatic hydroxyl groups is 1. The molecule has 1 saturated heterocycles. The van der Waals surface area contributed by atoms with E-state index in [9.17, 15) is 9.90 Å². The zero-order valence-corrected chi connectivity index (χ0v) is 7.21. The van der Waals surface area contributed by atoms with E-state index in [2.05, 4.69) is 5.32 Å². The second-order valence-corrected chi connectivity index (χ2v) is 3.44. The van der Waals surface area contributed by atoms with Crippen molar-refractivity contribution in [1.82, 2.24) is 5.32 Å². The number of carbonyl (C=O) groups is 1. The lowest BCUT2D eigenvalue weighted by Crippen LogP contribution is -2.52. The van der Waals surface area contributed by atoms with Crippen LogP contribution < -0.4 is 5.32 Å². The summed E-state index contributed by atoms with van der Waals surface area (Å²) < 4.78 is 0. The molecule has 0 radical (unpaired) electrons. The van der Waals surface area contributed by atoms with Gasteiger partial charge in [0.05, 0.1) is 11.5 Å². The number of carboxylic acids is 1. The summed E-state index contributed by atoms with van der Waals surface area (Å²) in [4.78, 5) is 10.6. The monoisotopic (exact) mass is 173 g/mol. The Kier molecular flexibility index (Phi) is 2.69. The van der Waals surface area contributed by atoms with E-state index < -0.39 is 17.5 Å². The van der Waals surface area contributed by atoms with Gasteiger partial charge in [-0.3, -0.25) is 4.79 Å². The Hall–Kier alpha value is -0.610. The van der Waals surface area contributed by atoms with Crippen LogP contribution in [0.5, 0.6) is 0 Å². The van der Waals surface area contributed by atoms with E-state index in [1.807, 2.05) is 0 Å². The van der Waals surface area contributed by atoms with Gasteiger partial charge in [0.15, 0.2) is 0 Å². The quantitative estimate of drug-likeness (QED) is 0.542. The second kappa shape index (κ2) is 3.41. The van der Waals surface area contributed by atoms with E-state index in [0.717, 1.165) is 13.0 Å². The predicted molar refractivity (Wildman–Crippen MR) is 43.9 cm³/mol. The maximum atomic E-state index is 10.6. The molecule has 1 aliphatic heterocycles. The van der Waals surface area contributed by atoms with Crippen LogP contribution >= 0.6 is 0 Å². The van der Waals surface area contributed by atoms with Crippen molar-refractivity contribution in [3.8, 4) is 0 Å². The number of aliphatic carboxylic acids is 1. The summed E-state index contributed by atoms with van der Waals surface area (Å²) in [6.07, 6.45) is 1.42. The predicted octanol–water partition coefficient (Wildman–Crippen LogP) is -0.178. The first-order valence-corrected chi connectivity index (χ1v) is 4.22. The summed E-state index contributed by atoms with van der Waals surface area (Å²) in [5.74, 6) is -1.62. The number of β-amino-alcohol motifs (C(OH)–C–C–N with tert-alkyl or cyclic N) is 1. The highest BCUT2D eigenvalue weighted by Crippen LogP contribution is 2.24. The Labute approximate surface area is 71.6 Å². The normalized spacial score (nSPS) is 32.8. The lowest BCUT2D eigenvalue weighted by molar-refractivity contribution is -0.152. The minimum absolute atomic E-state index is 0.389. The van der Waals surface area contributed by atoms with Crippen molar-refractivity contribution < 1.29 is 15.0 Å². The van der Waals surface area contributed by atoms with Gasteiger partial charge >= 0.3 is 5.97 Å². The fourth-order valence-electron chi connectivity index (χ4n) is 1.51. The number of hydrogen-bond donors (Lipinski definition) is 3. The third-order valence-corrected chi connectivity index (χ3v) is 2.57. The lowest BCUT2D eigenvalue weighted by atomic mass is 9.82. The Morgan fingerprint density at radius 3 is 2.75 bits per heavy atom. The Balaban J connectivity index is 2.62. The van der Waals surface area contributed by atoms with E-state index >= 15 is 0 Å². The maximum Gasteiger partial charge on any atom is 0.309 e. The summed E-state index contributed by atoms with van der Waals surface area (Å²) in [5.41, 5.74) is -1.05. The lowest BCUT2D eigenvalue weighted by Gasteiger charge is -2.35. The number of carboxylic acid groups (broad SMARTS) is 1. The van der Waals surface area contributed by atoms with Crippen LogP contribution in [-0.4, -0.2) is 34.9 Å². The molecule has 1 aliphatic rings. The standard InChI is InChI=1S/C8H15NO3/c1-6(7(10)11)8(12)3-2-4-9-5-8/h6,9,12H,2-5H2,1H3,(H,10,11).